The van der Waals surface area contributed by atoms with Crippen LogP contribution in [0.3, 0.4) is 0 Å². The molecular weight excluding hydrogens is 1130 g/mol. The number of azo groups is 2. The number of aromatic nitrogens is 3. The number of rotatable bonds is 19. The number of nitrogens with zero attached hydrogens (tertiary/aromatic N) is 7. The minimum Gasteiger partial charge on any atom is -0.324 e. The molecule has 0 saturated carbocycles. The maximum absolute atomic E-state index is 12.9. The molecule has 390 valence electrons. The third kappa shape index (κ3) is 12.7. The number of anilines is 4. The van der Waals surface area contributed by atoms with Crippen LogP contribution in [0.15, 0.2) is 160 Å². The van der Waals surface area contributed by atoms with Crippen molar-refractivity contribution in [1.82, 2.24) is 15.0 Å². The second kappa shape index (κ2) is 21.4. The standard InChI is InChI=1S/C41H30ClN9O18S6/c42-39-45-40(43-22-4-1-5-24(18-22)71(53,54)17-16-67-70-69-68-52)47-41(46-39)44-34-15-14-32(28-7-3-9-36(38(28)34)74(61,62)63)50-51-33-13-12-31(26-11-10-25(21-29(26)33)72(55,56)57)49-48-23-19-30-27(37(20-23)75(64,65)66)6-2-8-35(30)73(58,59)60/h1-15,18-21,52H,16-17H2,(H,55,56,57)(H,58,59,60)(H,61,62,63)(H,64,65,66)(H2,43,44,45,46,47). The van der Waals surface area contributed by atoms with E-state index in [4.69, 9.17) is 21.0 Å². The molecule has 0 unspecified atom stereocenters. The summed E-state index contributed by atoms with van der Waals surface area (Å²) in [4.78, 5) is 9.55. The predicted molar refractivity (Wildman–Crippen MR) is 268 cm³/mol. The van der Waals surface area contributed by atoms with Crippen molar-refractivity contribution < 1.29 is 79.1 Å². The molecule has 75 heavy (non-hydrogen) atoms. The first-order chi connectivity index (χ1) is 35.3. The molecule has 34 heteroatoms. The summed E-state index contributed by atoms with van der Waals surface area (Å²) >= 11 is 6.46. The van der Waals surface area contributed by atoms with Crippen molar-refractivity contribution in [2.45, 2.75) is 24.5 Å². The van der Waals surface area contributed by atoms with E-state index >= 15 is 0 Å². The largest absolute Gasteiger partial charge is 0.324 e. The Morgan fingerprint density at radius 2 is 1.13 bits per heavy atom. The molecule has 7 aromatic carbocycles. The fourth-order valence-electron chi connectivity index (χ4n) is 7.23. The number of benzene rings is 7. The lowest BCUT2D eigenvalue weighted by molar-refractivity contribution is -0.434. The fraction of sp³-hybridized carbons (Fsp3) is 0.0488. The first kappa shape index (κ1) is 54.5. The topological polar surface area (TPSA) is 412 Å². The zero-order valence-corrected chi connectivity index (χ0v) is 42.5. The Morgan fingerprint density at radius 1 is 0.533 bits per heavy atom. The molecule has 8 rings (SSSR count). The van der Waals surface area contributed by atoms with Gasteiger partial charge in [0.15, 0.2) is 22.2 Å². The van der Waals surface area contributed by atoms with Crippen molar-refractivity contribution in [3.8, 4) is 0 Å². The molecule has 0 aliphatic heterocycles. The Balaban J connectivity index is 1.15. The van der Waals surface area contributed by atoms with E-state index in [2.05, 4.69) is 55.4 Å². The van der Waals surface area contributed by atoms with Crippen molar-refractivity contribution in [2.75, 3.05) is 23.0 Å². The SMILES string of the molecule is O=S(=O)(O)c1ccc2c(N=Nc3cc(S(=O)(=O)O)c4cccc(S(=O)(=O)O)c4c3)ccc(N=Nc3ccc(Nc4nc(Cl)nc(Nc5cccc(S(=O)(=O)CCOSOOO)c5)n4)c4c(S(=O)(=O)O)cccc34)c2c1. The van der Waals surface area contributed by atoms with E-state index in [1.54, 1.807) is 0 Å². The minimum absolute atomic E-state index is 0.0210. The summed E-state index contributed by atoms with van der Waals surface area (Å²) in [6, 6.07) is 23.2. The van der Waals surface area contributed by atoms with E-state index in [9.17, 15) is 60.3 Å². The van der Waals surface area contributed by atoms with Crippen LogP contribution >= 0.6 is 23.9 Å². The summed E-state index contributed by atoms with van der Waals surface area (Å²) in [5.41, 5.74) is -0.284. The first-order valence-corrected chi connectivity index (χ1v) is 28.7. The molecular formula is C41H30ClN9O18S6. The lowest BCUT2D eigenvalue weighted by Crippen LogP contribution is -2.11. The maximum atomic E-state index is 12.9. The van der Waals surface area contributed by atoms with Gasteiger partial charge in [0.1, 0.15) is 14.7 Å². The molecule has 0 saturated heterocycles. The second-order valence-corrected chi connectivity index (χ2v) is 23.6. The predicted octanol–water partition coefficient (Wildman–Crippen LogP) is 9.06. The zero-order valence-electron chi connectivity index (χ0n) is 36.9. The highest BCUT2D eigenvalue weighted by Gasteiger charge is 2.24. The zero-order chi connectivity index (χ0) is 54.1. The molecule has 27 nitrogen and oxygen atoms in total. The van der Waals surface area contributed by atoms with Gasteiger partial charge in [0.05, 0.1) is 50.6 Å². The monoisotopic (exact) mass is 1160 g/mol. The van der Waals surface area contributed by atoms with Crippen LogP contribution in [0.2, 0.25) is 5.28 Å². The highest BCUT2D eigenvalue weighted by Crippen LogP contribution is 2.41. The highest BCUT2D eigenvalue weighted by atomic mass is 35.5. The van der Waals surface area contributed by atoms with Crippen LogP contribution in [-0.4, -0.2) is 92.9 Å². The van der Waals surface area contributed by atoms with Gasteiger partial charge in [0, 0.05) is 38.0 Å². The number of hydrogen-bond acceptors (Lipinski definition) is 24. The first-order valence-electron chi connectivity index (χ1n) is 20.3. The van der Waals surface area contributed by atoms with Crippen LogP contribution in [-0.2, 0) is 63.9 Å². The van der Waals surface area contributed by atoms with E-state index in [-0.39, 0.29) is 107 Å². The molecule has 0 atom stereocenters. The summed E-state index contributed by atoms with van der Waals surface area (Å²) in [5.74, 6) is -0.967. The lowest BCUT2D eigenvalue weighted by atomic mass is 10.1. The number of sulfone groups is 1. The smallest absolute Gasteiger partial charge is 0.295 e. The van der Waals surface area contributed by atoms with Gasteiger partial charge in [-0.05, 0) is 90.5 Å². The Kier molecular flexibility index (Phi) is 15.6. The number of nitrogens with one attached hydrogen (secondary N) is 2. The van der Waals surface area contributed by atoms with Gasteiger partial charge < -0.3 is 10.6 Å². The maximum Gasteiger partial charge on any atom is 0.295 e. The molecule has 1 aromatic heterocycles. The van der Waals surface area contributed by atoms with E-state index in [0.717, 1.165) is 42.5 Å². The Labute approximate surface area is 432 Å². The normalized spacial score (nSPS) is 12.9. The molecule has 0 radical (unpaired) electrons. The molecule has 0 aliphatic rings. The van der Waals surface area contributed by atoms with Crippen LogP contribution in [0.4, 0.5) is 46.0 Å². The van der Waals surface area contributed by atoms with Crippen molar-refractivity contribution >= 4 is 153 Å². The van der Waals surface area contributed by atoms with E-state index in [0.29, 0.717) is 0 Å². The van der Waals surface area contributed by atoms with Gasteiger partial charge >= 0.3 is 0 Å². The van der Waals surface area contributed by atoms with Crippen molar-refractivity contribution in [1.29, 1.82) is 0 Å². The number of fused-ring (bicyclic) bond motifs is 3. The van der Waals surface area contributed by atoms with Gasteiger partial charge in [-0.15, -0.1) is 19.7 Å². The van der Waals surface area contributed by atoms with Crippen molar-refractivity contribution in [2.24, 2.45) is 20.5 Å². The molecule has 0 amide bonds. The van der Waals surface area contributed by atoms with Gasteiger partial charge in [-0.2, -0.15) is 53.7 Å². The Bertz CT molecular complexity index is 4270. The van der Waals surface area contributed by atoms with Crippen LogP contribution in [0, 0.1) is 0 Å². The summed E-state index contributed by atoms with van der Waals surface area (Å²) in [5, 5.41) is 33.0. The van der Waals surface area contributed by atoms with Gasteiger partial charge in [0.25, 0.3) is 40.5 Å². The molecule has 0 fully saturated rings. The van der Waals surface area contributed by atoms with E-state index < -0.39 is 75.6 Å². The molecule has 7 N–H and O–H groups in total. The second-order valence-electron chi connectivity index (χ2n) is 15.1. The molecule has 0 spiro atoms. The number of hydrogen-bond donors (Lipinski definition) is 7. The van der Waals surface area contributed by atoms with Crippen LogP contribution in [0.25, 0.3) is 32.3 Å². The van der Waals surface area contributed by atoms with Gasteiger partial charge in [-0.25, -0.2) is 13.7 Å². The summed E-state index contributed by atoms with van der Waals surface area (Å²) < 4.78 is 174. The third-order valence-corrected chi connectivity index (χ3v) is 16.1. The van der Waals surface area contributed by atoms with E-state index in [1.165, 1.54) is 72.8 Å². The number of halogens is 1. The lowest BCUT2D eigenvalue weighted by Gasteiger charge is -2.14. The Morgan fingerprint density at radius 3 is 1.80 bits per heavy atom. The molecule has 8 aromatic rings. The van der Waals surface area contributed by atoms with E-state index in [1.807, 2.05) is 0 Å². The Hall–Kier alpha value is -6.80. The molecule has 1 heterocycles. The van der Waals surface area contributed by atoms with Crippen LogP contribution in [0.5, 0.6) is 0 Å². The average molecular weight is 1160 g/mol. The van der Waals surface area contributed by atoms with Gasteiger partial charge in [0.2, 0.25) is 17.2 Å². The minimum atomic E-state index is -5.02. The van der Waals surface area contributed by atoms with Crippen LogP contribution in [0.1, 0.15) is 0 Å². The summed E-state index contributed by atoms with van der Waals surface area (Å²) in [6.45, 7) is -0.344. The quantitative estimate of drug-likeness (QED) is 0.00990. The van der Waals surface area contributed by atoms with Gasteiger partial charge in [-0.1, -0.05) is 41.4 Å². The van der Waals surface area contributed by atoms with Crippen molar-refractivity contribution in [3.63, 3.8) is 0 Å². The highest BCUT2D eigenvalue weighted by molar-refractivity contribution is 7.91. The van der Waals surface area contributed by atoms with Gasteiger partial charge in [-0.3, -0.25) is 22.4 Å². The molecule has 0 bridgehead atoms. The third-order valence-electron chi connectivity index (χ3n) is 10.3. The van der Waals surface area contributed by atoms with Crippen LogP contribution < -0.4 is 10.6 Å². The average Bonchev–Trinajstić information content (AvgIpc) is 3.33. The fourth-order valence-corrected chi connectivity index (χ4v) is 11.5. The summed E-state index contributed by atoms with van der Waals surface area (Å²) in [6.07, 6.45) is 0. The molecule has 0 aliphatic carbocycles. The summed E-state index contributed by atoms with van der Waals surface area (Å²) in [7, 11) is -23.7. The van der Waals surface area contributed by atoms with Crippen molar-refractivity contribution in [3.05, 3.63) is 121 Å².